The Morgan fingerprint density at radius 1 is 1.00 bits per heavy atom. The van der Waals surface area contributed by atoms with E-state index >= 15 is 0 Å². The fourth-order valence-electron chi connectivity index (χ4n) is 3.99. The summed E-state index contributed by atoms with van der Waals surface area (Å²) in [7, 11) is 1.98. The third kappa shape index (κ3) is 4.28. The summed E-state index contributed by atoms with van der Waals surface area (Å²) in [6.07, 6.45) is 3.54. The Hall–Kier alpha value is -3.49. The van der Waals surface area contributed by atoms with Crippen LogP contribution >= 0.6 is 0 Å². The number of para-hydroxylation sites is 1. The predicted octanol–water partition coefficient (Wildman–Crippen LogP) is 2.51. The van der Waals surface area contributed by atoms with Crippen molar-refractivity contribution in [2.75, 3.05) is 38.3 Å². The standard InChI is InChI=1S/C24H26N6O2/c1-27(16-19-7-9-21(10-8-19)28-11-13-32-14-12-28)18-30-24(31)23-20(15-25-30)17-29(26-23)22-5-3-2-4-6-22/h2-10,15,17H,11-14,16,18H2,1H3. The number of hydrogen-bond donors (Lipinski definition) is 0. The summed E-state index contributed by atoms with van der Waals surface area (Å²) in [6, 6.07) is 18.3. The molecule has 1 aliphatic heterocycles. The number of nitrogens with zero attached hydrogens (tertiary/aromatic N) is 6. The molecule has 0 N–H and O–H groups in total. The number of hydrogen-bond acceptors (Lipinski definition) is 6. The van der Waals surface area contributed by atoms with Crippen LogP contribution in [0.2, 0.25) is 0 Å². The van der Waals surface area contributed by atoms with Gasteiger partial charge in [0.2, 0.25) is 0 Å². The van der Waals surface area contributed by atoms with Crippen LogP contribution in [0.4, 0.5) is 5.69 Å². The molecule has 1 fully saturated rings. The molecule has 2 aromatic heterocycles. The molecule has 0 amide bonds. The van der Waals surface area contributed by atoms with Crippen LogP contribution in [0.25, 0.3) is 16.6 Å². The fraction of sp³-hybridized carbons (Fsp3) is 0.292. The lowest BCUT2D eigenvalue weighted by Crippen LogP contribution is -2.36. The number of benzene rings is 2. The molecule has 8 heteroatoms. The number of ether oxygens (including phenoxy) is 1. The number of fused-ring (bicyclic) bond motifs is 1. The molecular weight excluding hydrogens is 404 g/mol. The maximum absolute atomic E-state index is 13.0. The van der Waals surface area contributed by atoms with Crippen LogP contribution < -0.4 is 10.5 Å². The van der Waals surface area contributed by atoms with Gasteiger partial charge in [-0.25, -0.2) is 9.36 Å². The lowest BCUT2D eigenvalue weighted by atomic mass is 10.2. The highest BCUT2D eigenvalue weighted by Gasteiger charge is 2.13. The van der Waals surface area contributed by atoms with Crippen LogP contribution in [0.1, 0.15) is 5.56 Å². The van der Waals surface area contributed by atoms with Gasteiger partial charge in [-0.2, -0.15) is 10.2 Å². The highest BCUT2D eigenvalue weighted by atomic mass is 16.5. The molecule has 2 aromatic carbocycles. The summed E-state index contributed by atoms with van der Waals surface area (Å²) in [5.74, 6) is 0. The molecule has 32 heavy (non-hydrogen) atoms. The number of aromatic nitrogens is 4. The average Bonchev–Trinajstić information content (AvgIpc) is 3.28. The normalized spacial score (nSPS) is 14.4. The van der Waals surface area contributed by atoms with E-state index in [1.54, 1.807) is 10.9 Å². The summed E-state index contributed by atoms with van der Waals surface area (Å²) in [4.78, 5) is 17.4. The van der Waals surface area contributed by atoms with Crippen LogP contribution in [0, 0.1) is 0 Å². The van der Waals surface area contributed by atoms with Crippen molar-refractivity contribution in [3.63, 3.8) is 0 Å². The van der Waals surface area contributed by atoms with Crippen LogP contribution in [0.15, 0.2) is 71.8 Å². The van der Waals surface area contributed by atoms with Crippen molar-refractivity contribution in [2.45, 2.75) is 13.2 Å². The highest BCUT2D eigenvalue weighted by Crippen LogP contribution is 2.17. The lowest BCUT2D eigenvalue weighted by Gasteiger charge is -2.29. The molecule has 0 bridgehead atoms. The molecular formula is C24H26N6O2. The second kappa shape index (κ2) is 8.94. The lowest BCUT2D eigenvalue weighted by molar-refractivity contribution is 0.122. The molecule has 0 radical (unpaired) electrons. The summed E-state index contributed by atoms with van der Waals surface area (Å²) < 4.78 is 8.61. The molecule has 8 nitrogen and oxygen atoms in total. The van der Waals surface area contributed by atoms with Crippen molar-refractivity contribution in [1.29, 1.82) is 0 Å². The molecule has 0 atom stereocenters. The van der Waals surface area contributed by atoms with E-state index < -0.39 is 0 Å². The minimum Gasteiger partial charge on any atom is -0.378 e. The van der Waals surface area contributed by atoms with E-state index in [-0.39, 0.29) is 5.56 Å². The first-order chi connectivity index (χ1) is 15.7. The van der Waals surface area contributed by atoms with Crippen molar-refractivity contribution >= 4 is 16.6 Å². The van der Waals surface area contributed by atoms with E-state index in [9.17, 15) is 4.79 Å². The van der Waals surface area contributed by atoms with Gasteiger partial charge in [0.05, 0.1) is 31.8 Å². The second-order valence-corrected chi connectivity index (χ2v) is 8.08. The summed E-state index contributed by atoms with van der Waals surface area (Å²) in [5, 5.41) is 9.59. The van der Waals surface area contributed by atoms with Crippen molar-refractivity contribution < 1.29 is 4.74 Å². The Bertz CT molecular complexity index is 1240. The third-order valence-electron chi connectivity index (χ3n) is 5.68. The van der Waals surface area contributed by atoms with Gasteiger partial charge in [0.1, 0.15) is 0 Å². The van der Waals surface area contributed by atoms with E-state index in [4.69, 9.17) is 4.74 Å². The van der Waals surface area contributed by atoms with Gasteiger partial charge >= 0.3 is 0 Å². The van der Waals surface area contributed by atoms with Gasteiger partial charge in [-0.15, -0.1) is 0 Å². The Morgan fingerprint density at radius 3 is 2.50 bits per heavy atom. The molecule has 0 spiro atoms. The molecule has 0 aliphatic carbocycles. The number of morpholine rings is 1. The van der Waals surface area contributed by atoms with Crippen LogP contribution in [-0.4, -0.2) is 57.8 Å². The maximum Gasteiger partial charge on any atom is 0.296 e. The summed E-state index contributed by atoms with van der Waals surface area (Å²) in [6.45, 7) is 4.51. The quantitative estimate of drug-likeness (QED) is 0.468. The minimum atomic E-state index is -0.188. The van der Waals surface area contributed by atoms with Crippen molar-refractivity contribution in [3.05, 3.63) is 82.9 Å². The SMILES string of the molecule is CN(Cc1ccc(N2CCOCC2)cc1)Cn1ncc2cn(-c3ccccc3)nc2c1=O. The minimum absolute atomic E-state index is 0.188. The van der Waals surface area contributed by atoms with E-state index in [1.807, 2.05) is 43.6 Å². The van der Waals surface area contributed by atoms with Gasteiger partial charge in [-0.1, -0.05) is 30.3 Å². The Morgan fingerprint density at radius 2 is 1.75 bits per heavy atom. The zero-order chi connectivity index (χ0) is 21.9. The zero-order valence-electron chi connectivity index (χ0n) is 18.1. The van der Waals surface area contributed by atoms with Gasteiger partial charge in [-0.3, -0.25) is 9.69 Å². The van der Waals surface area contributed by atoms with Crippen molar-refractivity contribution in [1.82, 2.24) is 24.5 Å². The smallest absolute Gasteiger partial charge is 0.296 e. The first-order valence-corrected chi connectivity index (χ1v) is 10.8. The predicted molar refractivity (Wildman–Crippen MR) is 124 cm³/mol. The molecule has 0 unspecified atom stereocenters. The molecule has 4 aromatic rings. The van der Waals surface area contributed by atoms with Crippen LogP contribution in [-0.2, 0) is 18.0 Å². The third-order valence-corrected chi connectivity index (χ3v) is 5.68. The first-order valence-electron chi connectivity index (χ1n) is 10.8. The molecule has 0 saturated carbocycles. The van der Waals surface area contributed by atoms with Gasteiger partial charge in [0.15, 0.2) is 5.52 Å². The van der Waals surface area contributed by atoms with Gasteiger partial charge < -0.3 is 9.64 Å². The van der Waals surface area contributed by atoms with E-state index in [1.165, 1.54) is 15.9 Å². The second-order valence-electron chi connectivity index (χ2n) is 8.08. The van der Waals surface area contributed by atoms with Crippen LogP contribution in [0.3, 0.4) is 0 Å². The Kier molecular flexibility index (Phi) is 5.70. The van der Waals surface area contributed by atoms with Crippen LogP contribution in [0.5, 0.6) is 0 Å². The highest BCUT2D eigenvalue weighted by molar-refractivity contribution is 5.76. The molecule has 164 valence electrons. The van der Waals surface area contributed by atoms with E-state index in [0.29, 0.717) is 18.7 Å². The summed E-state index contributed by atoms with van der Waals surface area (Å²) >= 11 is 0. The van der Waals surface area contributed by atoms with Crippen molar-refractivity contribution in [3.8, 4) is 5.69 Å². The maximum atomic E-state index is 13.0. The Balaban J connectivity index is 1.28. The van der Waals surface area contributed by atoms with Gasteiger partial charge in [-0.05, 0) is 36.9 Å². The zero-order valence-corrected chi connectivity index (χ0v) is 18.1. The topological polar surface area (TPSA) is 68.4 Å². The molecule has 5 rings (SSSR count). The molecule has 3 heterocycles. The van der Waals surface area contributed by atoms with Crippen molar-refractivity contribution in [2.24, 2.45) is 0 Å². The number of anilines is 1. The van der Waals surface area contributed by atoms with E-state index in [0.717, 1.165) is 37.4 Å². The van der Waals surface area contributed by atoms with E-state index in [2.05, 4.69) is 44.3 Å². The summed E-state index contributed by atoms with van der Waals surface area (Å²) in [5.41, 5.74) is 3.55. The fourth-order valence-corrected chi connectivity index (χ4v) is 3.99. The number of rotatable bonds is 6. The first kappa shape index (κ1) is 20.4. The Labute approximate surface area is 186 Å². The monoisotopic (exact) mass is 430 g/mol. The average molecular weight is 431 g/mol. The molecule has 1 saturated heterocycles. The van der Waals surface area contributed by atoms with Gasteiger partial charge in [0.25, 0.3) is 5.56 Å². The molecule has 1 aliphatic rings. The largest absolute Gasteiger partial charge is 0.378 e. The van der Waals surface area contributed by atoms with Gasteiger partial charge in [0, 0.05) is 36.9 Å².